The average molecular weight is 347 g/mol. The van der Waals surface area contributed by atoms with Crippen LogP contribution in [0.15, 0.2) is 23.7 Å². The molecule has 6 nitrogen and oxygen atoms in total. The summed E-state index contributed by atoms with van der Waals surface area (Å²) in [5, 5.41) is 10.5. The summed E-state index contributed by atoms with van der Waals surface area (Å²) in [6.07, 6.45) is 4.05. The van der Waals surface area contributed by atoms with Crippen molar-refractivity contribution in [2.24, 2.45) is 0 Å². The highest BCUT2D eigenvalue weighted by atomic mass is 32.1. The zero-order valence-corrected chi connectivity index (χ0v) is 15.2. The number of hydrogen-bond acceptors (Lipinski definition) is 5. The molecule has 7 heteroatoms. The minimum absolute atomic E-state index is 0.0301. The van der Waals surface area contributed by atoms with Crippen LogP contribution in [0.4, 0.5) is 0 Å². The Morgan fingerprint density at radius 2 is 2.25 bits per heavy atom. The Morgan fingerprint density at radius 1 is 1.42 bits per heavy atom. The van der Waals surface area contributed by atoms with Crippen molar-refractivity contribution in [1.82, 2.24) is 24.8 Å². The number of carbonyl (C=O) groups is 1. The van der Waals surface area contributed by atoms with Crippen LogP contribution < -0.4 is 0 Å². The minimum atomic E-state index is -0.0301. The quantitative estimate of drug-likeness (QED) is 0.806. The zero-order valence-electron chi connectivity index (χ0n) is 14.4. The Bertz CT molecular complexity index is 650. The van der Waals surface area contributed by atoms with Gasteiger partial charge in [0.05, 0.1) is 12.2 Å². The molecule has 3 heterocycles. The number of thiophene rings is 1. The van der Waals surface area contributed by atoms with Gasteiger partial charge in [-0.25, -0.2) is 4.68 Å². The summed E-state index contributed by atoms with van der Waals surface area (Å²) in [5.41, 5.74) is 0.453. The predicted molar refractivity (Wildman–Crippen MR) is 95.1 cm³/mol. The molecule has 1 unspecified atom stereocenters. The smallest absolute Gasteiger partial charge is 0.276 e. The SMILES string of the molecule is CCN(CC)C(=O)c1cn(C2CCCN(Cc3cccs3)C2)nn1. The molecule has 0 saturated carbocycles. The highest BCUT2D eigenvalue weighted by Crippen LogP contribution is 2.23. The summed E-state index contributed by atoms with van der Waals surface area (Å²) in [6.45, 7) is 8.42. The molecule has 0 bridgehead atoms. The third-order valence-electron chi connectivity index (χ3n) is 4.59. The van der Waals surface area contributed by atoms with Crippen LogP contribution in [0.5, 0.6) is 0 Å². The van der Waals surface area contributed by atoms with Crippen LogP contribution in [-0.4, -0.2) is 56.9 Å². The van der Waals surface area contributed by atoms with Crippen LogP contribution >= 0.6 is 11.3 Å². The van der Waals surface area contributed by atoms with E-state index in [4.69, 9.17) is 0 Å². The van der Waals surface area contributed by atoms with Crippen LogP contribution in [0.2, 0.25) is 0 Å². The summed E-state index contributed by atoms with van der Waals surface area (Å²) < 4.78 is 1.89. The molecule has 1 amide bonds. The van der Waals surface area contributed by atoms with E-state index in [0.29, 0.717) is 24.8 Å². The number of carbonyl (C=O) groups excluding carboxylic acids is 1. The van der Waals surface area contributed by atoms with Gasteiger partial charge in [-0.05, 0) is 44.7 Å². The van der Waals surface area contributed by atoms with E-state index in [0.717, 1.165) is 32.5 Å². The summed E-state index contributed by atoms with van der Waals surface area (Å²) in [6, 6.07) is 4.58. The molecule has 24 heavy (non-hydrogen) atoms. The zero-order chi connectivity index (χ0) is 16.9. The molecular formula is C17H25N5OS. The summed E-state index contributed by atoms with van der Waals surface area (Å²) in [4.78, 5) is 18.0. The molecule has 1 saturated heterocycles. The first kappa shape index (κ1) is 17.1. The van der Waals surface area contributed by atoms with Crippen molar-refractivity contribution in [2.45, 2.75) is 39.3 Å². The van der Waals surface area contributed by atoms with E-state index in [1.165, 1.54) is 4.88 Å². The number of aromatic nitrogens is 3. The van der Waals surface area contributed by atoms with Gasteiger partial charge in [0.25, 0.3) is 5.91 Å². The van der Waals surface area contributed by atoms with E-state index in [1.807, 2.05) is 24.7 Å². The maximum atomic E-state index is 12.4. The molecular weight excluding hydrogens is 322 g/mol. The highest BCUT2D eigenvalue weighted by molar-refractivity contribution is 7.09. The number of hydrogen-bond donors (Lipinski definition) is 0. The molecule has 1 aliphatic rings. The van der Waals surface area contributed by atoms with Crippen LogP contribution in [0.1, 0.15) is 48.1 Å². The Labute approximate surface area is 147 Å². The van der Waals surface area contributed by atoms with E-state index in [1.54, 1.807) is 16.2 Å². The van der Waals surface area contributed by atoms with Gasteiger partial charge in [0.2, 0.25) is 0 Å². The topological polar surface area (TPSA) is 54.3 Å². The molecule has 3 rings (SSSR count). The van der Waals surface area contributed by atoms with Crippen LogP contribution in [0.3, 0.4) is 0 Å². The van der Waals surface area contributed by atoms with Crippen molar-refractivity contribution in [3.63, 3.8) is 0 Å². The molecule has 0 N–H and O–H groups in total. The van der Waals surface area contributed by atoms with Crippen molar-refractivity contribution >= 4 is 17.2 Å². The maximum Gasteiger partial charge on any atom is 0.276 e. The molecule has 0 radical (unpaired) electrons. The molecule has 2 aromatic heterocycles. The second kappa shape index (κ2) is 7.90. The first-order valence-corrected chi connectivity index (χ1v) is 9.55. The van der Waals surface area contributed by atoms with Crippen molar-refractivity contribution in [3.8, 4) is 0 Å². The van der Waals surface area contributed by atoms with Gasteiger partial charge < -0.3 is 4.90 Å². The van der Waals surface area contributed by atoms with Gasteiger partial charge in [-0.2, -0.15) is 0 Å². The molecule has 0 spiro atoms. The van der Waals surface area contributed by atoms with E-state index in [-0.39, 0.29) is 5.91 Å². The Hall–Kier alpha value is -1.73. The van der Waals surface area contributed by atoms with Gasteiger partial charge in [0.15, 0.2) is 5.69 Å². The van der Waals surface area contributed by atoms with E-state index in [9.17, 15) is 4.79 Å². The van der Waals surface area contributed by atoms with Gasteiger partial charge >= 0.3 is 0 Å². The largest absolute Gasteiger partial charge is 0.338 e. The lowest BCUT2D eigenvalue weighted by Crippen LogP contribution is -2.36. The fourth-order valence-electron chi connectivity index (χ4n) is 3.24. The van der Waals surface area contributed by atoms with Crippen LogP contribution in [-0.2, 0) is 6.54 Å². The van der Waals surface area contributed by atoms with Crippen LogP contribution in [0, 0.1) is 0 Å². The normalized spacial score (nSPS) is 18.7. The fraction of sp³-hybridized carbons (Fsp3) is 0.588. The van der Waals surface area contributed by atoms with Gasteiger partial charge in [-0.3, -0.25) is 9.69 Å². The minimum Gasteiger partial charge on any atom is -0.338 e. The number of likely N-dealkylation sites (tertiary alicyclic amines) is 1. The molecule has 0 aromatic carbocycles. The monoisotopic (exact) mass is 347 g/mol. The van der Waals surface area contributed by atoms with Crippen molar-refractivity contribution in [2.75, 3.05) is 26.2 Å². The van der Waals surface area contributed by atoms with Crippen LogP contribution in [0.25, 0.3) is 0 Å². The summed E-state index contributed by atoms with van der Waals surface area (Å²) in [7, 11) is 0. The average Bonchev–Trinajstić information content (AvgIpc) is 3.28. The Morgan fingerprint density at radius 3 is 2.96 bits per heavy atom. The molecule has 2 aromatic rings. The predicted octanol–water partition coefficient (Wildman–Crippen LogP) is 2.66. The lowest BCUT2D eigenvalue weighted by atomic mass is 10.1. The van der Waals surface area contributed by atoms with Gasteiger partial charge in [0, 0.05) is 31.1 Å². The first-order valence-electron chi connectivity index (χ1n) is 8.67. The number of nitrogens with zero attached hydrogens (tertiary/aromatic N) is 5. The number of rotatable bonds is 6. The number of piperidine rings is 1. The molecule has 1 aliphatic heterocycles. The van der Waals surface area contributed by atoms with Gasteiger partial charge in [-0.1, -0.05) is 11.3 Å². The third-order valence-corrected chi connectivity index (χ3v) is 5.46. The lowest BCUT2D eigenvalue weighted by Gasteiger charge is -2.32. The summed E-state index contributed by atoms with van der Waals surface area (Å²) >= 11 is 1.80. The standard InChI is InChI=1S/C17H25N5OS/c1-3-21(4-2)17(23)16-13-22(19-18-16)14-7-5-9-20(11-14)12-15-8-6-10-24-15/h6,8,10,13-14H,3-5,7,9,11-12H2,1-2H3. The van der Waals surface area contributed by atoms with Crippen molar-refractivity contribution in [1.29, 1.82) is 0 Å². The maximum absolute atomic E-state index is 12.4. The van der Waals surface area contributed by atoms with E-state index >= 15 is 0 Å². The Balaban J connectivity index is 1.65. The van der Waals surface area contributed by atoms with Crippen molar-refractivity contribution < 1.29 is 4.79 Å². The van der Waals surface area contributed by atoms with E-state index in [2.05, 4.69) is 32.7 Å². The fourth-order valence-corrected chi connectivity index (χ4v) is 3.99. The van der Waals surface area contributed by atoms with E-state index < -0.39 is 0 Å². The lowest BCUT2D eigenvalue weighted by molar-refractivity contribution is 0.0767. The molecule has 0 aliphatic carbocycles. The number of amides is 1. The summed E-state index contributed by atoms with van der Waals surface area (Å²) in [5.74, 6) is -0.0301. The Kier molecular flexibility index (Phi) is 5.63. The van der Waals surface area contributed by atoms with Crippen molar-refractivity contribution in [3.05, 3.63) is 34.3 Å². The first-order chi connectivity index (χ1) is 11.7. The second-order valence-corrected chi connectivity index (χ2v) is 7.20. The third kappa shape index (κ3) is 3.84. The molecule has 1 fully saturated rings. The van der Waals surface area contributed by atoms with Gasteiger partial charge in [0.1, 0.15) is 0 Å². The molecule has 130 valence electrons. The van der Waals surface area contributed by atoms with Gasteiger partial charge in [-0.15, -0.1) is 16.4 Å². The second-order valence-electron chi connectivity index (χ2n) is 6.17. The molecule has 1 atom stereocenters. The highest BCUT2D eigenvalue weighted by Gasteiger charge is 2.24.